The van der Waals surface area contributed by atoms with Gasteiger partial charge in [0.2, 0.25) is 10.0 Å². The molecule has 9 heteroatoms. The molecule has 4 unspecified atom stereocenters. The summed E-state index contributed by atoms with van der Waals surface area (Å²) >= 11 is 0. The molecule has 1 aliphatic carbocycles. The maximum atomic E-state index is 12.9. The fourth-order valence-corrected chi connectivity index (χ4v) is 5.52. The van der Waals surface area contributed by atoms with Crippen LogP contribution in [0.4, 0.5) is 0 Å². The first kappa shape index (κ1) is 20.3. The van der Waals surface area contributed by atoms with Gasteiger partial charge in [-0.2, -0.15) is 5.26 Å². The van der Waals surface area contributed by atoms with Crippen molar-refractivity contribution >= 4 is 16.0 Å². The molecule has 1 saturated carbocycles. The first-order valence-corrected chi connectivity index (χ1v) is 11.0. The number of ether oxygens (including phenoxy) is 1. The van der Waals surface area contributed by atoms with E-state index in [1.54, 1.807) is 12.1 Å². The van der Waals surface area contributed by atoms with Gasteiger partial charge in [0.05, 0.1) is 28.7 Å². The number of nitriles is 1. The molecule has 0 bridgehead atoms. The fourth-order valence-electron chi connectivity index (χ4n) is 4.23. The molecule has 0 aromatic heterocycles. The molecule has 0 radical (unpaired) electrons. The highest BCUT2D eigenvalue weighted by Crippen LogP contribution is 2.49. The van der Waals surface area contributed by atoms with Gasteiger partial charge in [0.15, 0.2) is 0 Å². The quantitative estimate of drug-likeness (QED) is 0.635. The second kappa shape index (κ2) is 7.72. The maximum Gasteiger partial charge on any atom is 0.303 e. The molecule has 2 aromatic rings. The van der Waals surface area contributed by atoms with Gasteiger partial charge in [-0.25, -0.2) is 13.1 Å². The van der Waals surface area contributed by atoms with Crippen LogP contribution in [0, 0.1) is 11.3 Å². The monoisotopic (exact) mass is 428 g/mol. The number of aliphatic carboxylic acids is 1. The van der Waals surface area contributed by atoms with Crippen molar-refractivity contribution in [2.24, 2.45) is 0 Å². The molecule has 1 aliphatic heterocycles. The molecular weight excluding hydrogens is 408 g/mol. The summed E-state index contributed by atoms with van der Waals surface area (Å²) in [4.78, 5) is 10.9. The molecule has 4 rings (SSSR count). The Labute approximate surface area is 173 Å². The summed E-state index contributed by atoms with van der Waals surface area (Å²) in [7, 11) is -3.93. The maximum absolute atomic E-state index is 12.9. The highest BCUT2D eigenvalue weighted by molar-refractivity contribution is 7.89. The van der Waals surface area contributed by atoms with Crippen molar-refractivity contribution in [2.45, 2.75) is 48.3 Å². The first-order valence-electron chi connectivity index (χ1n) is 9.51. The number of carboxylic acid groups (broad SMARTS) is 1. The van der Waals surface area contributed by atoms with E-state index in [4.69, 9.17) is 15.1 Å². The Bertz CT molecular complexity index is 1120. The summed E-state index contributed by atoms with van der Waals surface area (Å²) in [6.07, 6.45) is -0.786. The Morgan fingerprint density at radius 1 is 1.23 bits per heavy atom. The molecule has 8 nitrogen and oxygen atoms in total. The van der Waals surface area contributed by atoms with Crippen LogP contribution in [-0.4, -0.2) is 42.8 Å². The molecule has 2 aliphatic rings. The molecule has 3 N–H and O–H groups in total. The second-order valence-corrected chi connectivity index (χ2v) is 9.21. The third-order valence-corrected chi connectivity index (χ3v) is 7.10. The largest absolute Gasteiger partial charge is 0.489 e. The molecular formula is C21H20N2O6S. The Balaban J connectivity index is 1.61. The molecule has 1 heterocycles. The number of aliphatic hydroxyl groups excluding tert-OH is 1. The predicted molar refractivity (Wildman–Crippen MR) is 105 cm³/mol. The van der Waals surface area contributed by atoms with Gasteiger partial charge in [0.1, 0.15) is 11.9 Å². The number of carbonyl (C=O) groups is 1. The number of hydrogen-bond donors (Lipinski definition) is 3. The number of aliphatic hydroxyl groups is 1. The lowest BCUT2D eigenvalue weighted by Crippen LogP contribution is -2.43. The van der Waals surface area contributed by atoms with Crippen molar-refractivity contribution in [3.8, 4) is 11.8 Å². The van der Waals surface area contributed by atoms with Crippen LogP contribution < -0.4 is 9.46 Å². The van der Waals surface area contributed by atoms with Gasteiger partial charge in [-0.05, 0) is 36.2 Å². The topological polar surface area (TPSA) is 137 Å². The summed E-state index contributed by atoms with van der Waals surface area (Å²) in [6, 6.07) is 12.1. The number of nitrogens with zero attached hydrogens (tertiary/aromatic N) is 1. The van der Waals surface area contributed by atoms with Crippen molar-refractivity contribution in [1.82, 2.24) is 4.72 Å². The Morgan fingerprint density at radius 2 is 1.97 bits per heavy atom. The highest BCUT2D eigenvalue weighted by atomic mass is 32.2. The minimum Gasteiger partial charge on any atom is -0.489 e. The second-order valence-electron chi connectivity index (χ2n) is 7.50. The zero-order chi connectivity index (χ0) is 21.5. The Hall–Kier alpha value is -2.93. The van der Waals surface area contributed by atoms with E-state index in [1.807, 2.05) is 12.1 Å². The van der Waals surface area contributed by atoms with Gasteiger partial charge >= 0.3 is 5.97 Å². The molecule has 156 valence electrons. The standard InChI is InChI=1S/C21H20N2O6S/c22-11-12-4-7-14(8-5-12)30(27,28)23-20-16(24)10-17-19(20)15-3-1-2-13(21(15)29-17)6-9-18(25)26/h1-5,7-8,16-17,19-20,23-24H,6,9-10H2,(H,25,26). The first-order chi connectivity index (χ1) is 14.3. The van der Waals surface area contributed by atoms with Gasteiger partial charge in [-0.1, -0.05) is 18.2 Å². The third-order valence-electron chi connectivity index (χ3n) is 5.62. The lowest BCUT2D eigenvalue weighted by atomic mass is 9.92. The minimum absolute atomic E-state index is 0.00602. The zero-order valence-corrected chi connectivity index (χ0v) is 16.7. The van der Waals surface area contributed by atoms with Crippen molar-refractivity contribution in [1.29, 1.82) is 5.26 Å². The predicted octanol–water partition coefficient (Wildman–Crippen LogP) is 1.53. The van der Waals surface area contributed by atoms with Gasteiger partial charge < -0.3 is 14.9 Å². The number of para-hydroxylation sites is 1. The lowest BCUT2D eigenvalue weighted by molar-refractivity contribution is -0.136. The fraction of sp³-hybridized carbons (Fsp3) is 0.333. The molecule has 0 amide bonds. The summed E-state index contributed by atoms with van der Waals surface area (Å²) in [5.41, 5.74) is 1.88. The average Bonchev–Trinajstić information content (AvgIpc) is 3.22. The molecule has 4 atom stereocenters. The highest BCUT2D eigenvalue weighted by Gasteiger charge is 2.51. The van der Waals surface area contributed by atoms with Gasteiger partial charge in [-0.15, -0.1) is 0 Å². The van der Waals surface area contributed by atoms with Crippen LogP contribution in [0.1, 0.15) is 35.4 Å². The zero-order valence-electron chi connectivity index (χ0n) is 15.9. The molecule has 0 saturated heterocycles. The number of carboxylic acids is 1. The smallest absolute Gasteiger partial charge is 0.303 e. The summed E-state index contributed by atoms with van der Waals surface area (Å²) in [5.74, 6) is -0.703. The van der Waals surface area contributed by atoms with Crippen LogP contribution >= 0.6 is 0 Å². The van der Waals surface area contributed by atoms with E-state index in [0.717, 1.165) is 11.1 Å². The number of rotatable bonds is 6. The van der Waals surface area contributed by atoms with Crippen LogP contribution in [0.2, 0.25) is 0 Å². The van der Waals surface area contributed by atoms with Crippen LogP contribution in [0.15, 0.2) is 47.4 Å². The normalized spacial score (nSPS) is 24.5. The SMILES string of the molecule is N#Cc1ccc(S(=O)(=O)NC2C(O)CC3Oc4c(CCC(=O)O)cccc4C32)cc1. The molecule has 2 aromatic carbocycles. The van der Waals surface area contributed by atoms with E-state index in [0.29, 0.717) is 17.7 Å². The number of hydrogen-bond acceptors (Lipinski definition) is 6. The number of sulfonamides is 1. The van der Waals surface area contributed by atoms with E-state index in [-0.39, 0.29) is 23.7 Å². The minimum atomic E-state index is -3.93. The van der Waals surface area contributed by atoms with E-state index in [9.17, 15) is 18.3 Å². The van der Waals surface area contributed by atoms with Crippen LogP contribution in [0.25, 0.3) is 0 Å². The summed E-state index contributed by atoms with van der Waals surface area (Å²) < 4.78 is 34.4. The number of aryl methyl sites for hydroxylation is 1. The van der Waals surface area contributed by atoms with Crippen molar-refractivity contribution in [3.63, 3.8) is 0 Å². The van der Waals surface area contributed by atoms with Crippen LogP contribution in [-0.2, 0) is 21.2 Å². The van der Waals surface area contributed by atoms with E-state index < -0.39 is 34.2 Å². The summed E-state index contributed by atoms with van der Waals surface area (Å²) in [5, 5.41) is 28.4. The van der Waals surface area contributed by atoms with Crippen molar-refractivity contribution in [3.05, 3.63) is 59.2 Å². The molecule has 0 spiro atoms. The lowest BCUT2D eigenvalue weighted by Gasteiger charge is -2.22. The van der Waals surface area contributed by atoms with E-state index in [1.165, 1.54) is 24.3 Å². The molecule has 1 fully saturated rings. The average molecular weight is 428 g/mol. The number of benzene rings is 2. The summed E-state index contributed by atoms with van der Waals surface area (Å²) in [6.45, 7) is 0. The van der Waals surface area contributed by atoms with Crippen LogP contribution in [0.3, 0.4) is 0 Å². The number of nitrogens with one attached hydrogen (secondary N) is 1. The number of fused-ring (bicyclic) bond motifs is 3. The molecule has 30 heavy (non-hydrogen) atoms. The Morgan fingerprint density at radius 3 is 2.63 bits per heavy atom. The van der Waals surface area contributed by atoms with Gasteiger partial charge in [-0.3, -0.25) is 4.79 Å². The van der Waals surface area contributed by atoms with Crippen molar-refractivity contribution < 1.29 is 28.2 Å². The van der Waals surface area contributed by atoms with Gasteiger partial charge in [0, 0.05) is 24.3 Å². The third kappa shape index (κ3) is 3.65. The van der Waals surface area contributed by atoms with Crippen LogP contribution in [0.5, 0.6) is 5.75 Å². The van der Waals surface area contributed by atoms with E-state index >= 15 is 0 Å². The Kier molecular flexibility index (Phi) is 5.24. The van der Waals surface area contributed by atoms with Crippen molar-refractivity contribution in [2.75, 3.05) is 0 Å². The van der Waals surface area contributed by atoms with E-state index in [2.05, 4.69) is 4.72 Å². The van der Waals surface area contributed by atoms with Gasteiger partial charge in [0.25, 0.3) is 0 Å².